The Kier molecular flexibility index (Phi) is 4.41. The summed E-state index contributed by atoms with van der Waals surface area (Å²) in [4.78, 5) is 20.4. The van der Waals surface area contributed by atoms with Crippen LogP contribution in [-0.2, 0) is 11.3 Å². The second-order valence-corrected chi connectivity index (χ2v) is 8.05. The fourth-order valence-corrected chi connectivity index (χ4v) is 5.04. The number of thiazole rings is 1. The zero-order valence-corrected chi connectivity index (χ0v) is 15.3. The second-order valence-electron chi connectivity index (χ2n) is 6.20. The zero-order chi connectivity index (χ0) is 16.7. The summed E-state index contributed by atoms with van der Waals surface area (Å²) in [5, 5.41) is 5.27. The van der Waals surface area contributed by atoms with Crippen molar-refractivity contribution >= 4 is 45.6 Å². The quantitative estimate of drug-likeness (QED) is 0.847. The Balaban J connectivity index is 1.78. The van der Waals surface area contributed by atoms with E-state index in [-0.39, 0.29) is 11.8 Å². The van der Waals surface area contributed by atoms with E-state index < -0.39 is 0 Å². The third-order valence-electron chi connectivity index (χ3n) is 4.59. The largest absolute Gasteiger partial charge is 0.350 e. The maximum atomic E-state index is 12.1. The number of aromatic nitrogens is 1. The van der Waals surface area contributed by atoms with Crippen LogP contribution in [-0.4, -0.2) is 24.0 Å². The predicted octanol–water partition coefficient (Wildman–Crippen LogP) is 4.20. The average Bonchev–Trinajstić information content (AvgIpc) is 3.20. The van der Waals surface area contributed by atoms with Gasteiger partial charge in [-0.15, -0.1) is 11.3 Å². The van der Waals surface area contributed by atoms with E-state index in [1.807, 2.05) is 6.07 Å². The van der Waals surface area contributed by atoms with Crippen LogP contribution in [0.5, 0.6) is 0 Å². The minimum Gasteiger partial charge on any atom is -0.350 e. The van der Waals surface area contributed by atoms with Crippen molar-refractivity contribution in [1.29, 1.82) is 0 Å². The van der Waals surface area contributed by atoms with E-state index >= 15 is 0 Å². The molecule has 3 heterocycles. The Labute approximate surface area is 154 Å². The summed E-state index contributed by atoms with van der Waals surface area (Å²) in [6, 6.07) is 5.43. The van der Waals surface area contributed by atoms with Crippen LogP contribution in [0.15, 0.2) is 18.2 Å². The van der Waals surface area contributed by atoms with Gasteiger partial charge in [-0.3, -0.25) is 4.79 Å². The number of amides is 1. The lowest BCUT2D eigenvalue weighted by Crippen LogP contribution is -2.22. The van der Waals surface area contributed by atoms with Crippen molar-refractivity contribution in [2.24, 2.45) is 0 Å². The van der Waals surface area contributed by atoms with Crippen LogP contribution in [0, 0.1) is 0 Å². The molecule has 4 nitrogen and oxygen atoms in total. The number of nitrogens with one attached hydrogen (secondary N) is 1. The van der Waals surface area contributed by atoms with E-state index in [0.717, 1.165) is 34.4 Å². The number of rotatable bonds is 2. The number of fused-ring (bicyclic) bond motifs is 1. The molecule has 2 aromatic rings. The first-order valence-electron chi connectivity index (χ1n) is 8.08. The van der Waals surface area contributed by atoms with E-state index in [0.29, 0.717) is 23.0 Å². The SMILES string of the molecule is O=C1C[C@@H](c2cc(Cl)ccc2Cl)c2sc(N3CCCC3)nc2CN1. The van der Waals surface area contributed by atoms with E-state index in [4.69, 9.17) is 28.2 Å². The fourth-order valence-electron chi connectivity index (χ4n) is 3.36. The molecule has 1 amide bonds. The van der Waals surface area contributed by atoms with Crippen molar-refractivity contribution in [1.82, 2.24) is 10.3 Å². The lowest BCUT2D eigenvalue weighted by atomic mass is 9.93. The summed E-state index contributed by atoms with van der Waals surface area (Å²) in [5.74, 6) is -0.0773. The number of hydrogen-bond acceptors (Lipinski definition) is 4. The van der Waals surface area contributed by atoms with Crippen molar-refractivity contribution in [3.63, 3.8) is 0 Å². The smallest absolute Gasteiger partial charge is 0.221 e. The number of carbonyl (C=O) groups excluding carboxylic acids is 1. The molecule has 0 unspecified atom stereocenters. The van der Waals surface area contributed by atoms with Crippen molar-refractivity contribution < 1.29 is 4.79 Å². The number of hydrogen-bond donors (Lipinski definition) is 1. The third-order valence-corrected chi connectivity index (χ3v) is 6.44. The van der Waals surface area contributed by atoms with Gasteiger partial charge in [0.05, 0.1) is 12.2 Å². The van der Waals surface area contributed by atoms with Crippen LogP contribution in [0.3, 0.4) is 0 Å². The van der Waals surface area contributed by atoms with Gasteiger partial charge in [0.25, 0.3) is 0 Å². The zero-order valence-electron chi connectivity index (χ0n) is 13.0. The monoisotopic (exact) mass is 381 g/mol. The van der Waals surface area contributed by atoms with Crippen molar-refractivity contribution in [3.05, 3.63) is 44.4 Å². The van der Waals surface area contributed by atoms with E-state index in [9.17, 15) is 4.79 Å². The van der Waals surface area contributed by atoms with E-state index in [1.165, 1.54) is 12.8 Å². The first-order chi connectivity index (χ1) is 11.6. The molecule has 0 aliphatic carbocycles. The maximum Gasteiger partial charge on any atom is 0.221 e. The molecule has 1 fully saturated rings. The van der Waals surface area contributed by atoms with Crippen molar-refractivity contribution in [3.8, 4) is 0 Å². The van der Waals surface area contributed by atoms with Gasteiger partial charge in [0, 0.05) is 40.4 Å². The van der Waals surface area contributed by atoms with Crippen molar-refractivity contribution in [2.45, 2.75) is 31.7 Å². The normalized spacial score (nSPS) is 20.7. The number of anilines is 1. The molecule has 4 rings (SSSR count). The van der Waals surface area contributed by atoms with E-state index in [1.54, 1.807) is 23.5 Å². The summed E-state index contributed by atoms with van der Waals surface area (Å²) < 4.78 is 0. The highest BCUT2D eigenvalue weighted by Crippen LogP contribution is 2.42. The van der Waals surface area contributed by atoms with Gasteiger partial charge in [-0.1, -0.05) is 23.2 Å². The van der Waals surface area contributed by atoms with Crippen LogP contribution in [0.1, 0.15) is 41.3 Å². The molecule has 24 heavy (non-hydrogen) atoms. The molecule has 0 spiro atoms. The molecule has 1 atom stereocenters. The molecule has 2 aliphatic rings. The van der Waals surface area contributed by atoms with Gasteiger partial charge in [0.2, 0.25) is 5.91 Å². The molecule has 0 radical (unpaired) electrons. The first kappa shape index (κ1) is 16.2. The topological polar surface area (TPSA) is 45.2 Å². The highest BCUT2D eigenvalue weighted by Gasteiger charge is 2.30. The molecule has 7 heteroatoms. The second kappa shape index (κ2) is 6.54. The summed E-state index contributed by atoms with van der Waals surface area (Å²) in [5.41, 5.74) is 1.85. The lowest BCUT2D eigenvalue weighted by Gasteiger charge is -2.16. The molecule has 2 aliphatic heterocycles. The first-order valence-corrected chi connectivity index (χ1v) is 9.65. The molecule has 0 saturated carbocycles. The van der Waals surface area contributed by atoms with Gasteiger partial charge in [-0.2, -0.15) is 0 Å². The molecule has 1 aromatic heterocycles. The van der Waals surface area contributed by atoms with Crippen LogP contribution in [0.2, 0.25) is 10.0 Å². The van der Waals surface area contributed by atoms with Crippen LogP contribution in [0.25, 0.3) is 0 Å². The third kappa shape index (κ3) is 3.01. The molecule has 1 saturated heterocycles. The van der Waals surface area contributed by atoms with Gasteiger partial charge in [0.1, 0.15) is 0 Å². The summed E-state index contributed by atoms with van der Waals surface area (Å²) >= 11 is 14.3. The molecule has 1 aromatic carbocycles. The Bertz CT molecular complexity index is 786. The Morgan fingerprint density at radius 2 is 2.04 bits per heavy atom. The van der Waals surface area contributed by atoms with Gasteiger partial charge in [-0.05, 0) is 36.6 Å². The highest BCUT2D eigenvalue weighted by atomic mass is 35.5. The number of halogens is 2. The molecule has 126 valence electrons. The average molecular weight is 382 g/mol. The number of nitrogens with zero attached hydrogens (tertiary/aromatic N) is 2. The molecule has 1 N–H and O–H groups in total. The Morgan fingerprint density at radius 3 is 2.83 bits per heavy atom. The molecular weight excluding hydrogens is 365 g/mol. The number of benzene rings is 1. The van der Waals surface area contributed by atoms with Crippen molar-refractivity contribution in [2.75, 3.05) is 18.0 Å². The Hall–Kier alpha value is -1.30. The standard InChI is InChI=1S/C17H17Cl2N3OS/c18-10-3-4-13(19)11(7-10)12-8-15(23)20-9-14-16(12)24-17(21-14)22-5-1-2-6-22/h3-4,7,12H,1-2,5-6,8-9H2,(H,20,23)/t12-/m0/s1. The van der Waals surface area contributed by atoms with Gasteiger partial charge in [0.15, 0.2) is 5.13 Å². The highest BCUT2D eigenvalue weighted by molar-refractivity contribution is 7.15. The van der Waals surface area contributed by atoms with Crippen LogP contribution in [0.4, 0.5) is 5.13 Å². The van der Waals surface area contributed by atoms with Gasteiger partial charge >= 0.3 is 0 Å². The molecule has 0 bridgehead atoms. The molecular formula is C17H17Cl2N3OS. The summed E-state index contributed by atoms with van der Waals surface area (Å²) in [7, 11) is 0. The fraction of sp³-hybridized carbons (Fsp3) is 0.412. The summed E-state index contributed by atoms with van der Waals surface area (Å²) in [6.07, 6.45) is 2.80. The summed E-state index contributed by atoms with van der Waals surface area (Å²) in [6.45, 7) is 2.59. The lowest BCUT2D eigenvalue weighted by molar-refractivity contribution is -0.121. The van der Waals surface area contributed by atoms with Crippen LogP contribution >= 0.6 is 34.5 Å². The minimum atomic E-state index is -0.0949. The maximum absolute atomic E-state index is 12.1. The van der Waals surface area contributed by atoms with Gasteiger partial charge < -0.3 is 10.2 Å². The number of carbonyl (C=O) groups is 1. The van der Waals surface area contributed by atoms with Gasteiger partial charge in [-0.25, -0.2) is 4.98 Å². The van der Waals surface area contributed by atoms with E-state index in [2.05, 4.69) is 10.2 Å². The predicted molar refractivity (Wildman–Crippen MR) is 98.3 cm³/mol. The van der Waals surface area contributed by atoms with Crippen LogP contribution < -0.4 is 10.2 Å². The minimum absolute atomic E-state index is 0.0176. The Morgan fingerprint density at radius 1 is 1.25 bits per heavy atom.